The molecule has 3 saturated carbocycles. The fourth-order valence-corrected chi connectivity index (χ4v) is 3.95. The lowest BCUT2D eigenvalue weighted by Crippen LogP contribution is -2.36. The van der Waals surface area contributed by atoms with Gasteiger partial charge in [0, 0.05) is 5.92 Å². The van der Waals surface area contributed by atoms with Gasteiger partial charge in [-0.15, -0.1) is 0 Å². The van der Waals surface area contributed by atoms with E-state index in [0.29, 0.717) is 11.8 Å². The zero-order valence-corrected chi connectivity index (χ0v) is 7.24. The van der Waals surface area contributed by atoms with E-state index in [-0.39, 0.29) is 12.0 Å². The molecule has 2 N–H and O–H groups in total. The number of fused-ring (bicyclic) bond motifs is 1. The summed E-state index contributed by atoms with van der Waals surface area (Å²) in [6, 6.07) is 0. The average molecular weight is 168 g/mol. The summed E-state index contributed by atoms with van der Waals surface area (Å²) >= 11 is 0. The van der Waals surface area contributed by atoms with E-state index in [1.165, 1.54) is 6.42 Å². The van der Waals surface area contributed by atoms with Crippen molar-refractivity contribution in [2.24, 2.45) is 17.8 Å². The predicted molar refractivity (Wildman–Crippen MR) is 44.5 cm³/mol. The first-order valence-corrected chi connectivity index (χ1v) is 5.11. The molecule has 1 unspecified atom stereocenters. The maximum absolute atomic E-state index is 10.2. The molecule has 68 valence electrons. The van der Waals surface area contributed by atoms with Gasteiger partial charge in [-0.2, -0.15) is 0 Å². The summed E-state index contributed by atoms with van der Waals surface area (Å²) in [5.41, 5.74) is -0.467. The summed E-state index contributed by atoms with van der Waals surface area (Å²) < 4.78 is 0. The van der Waals surface area contributed by atoms with Crippen molar-refractivity contribution < 1.29 is 10.2 Å². The van der Waals surface area contributed by atoms with E-state index >= 15 is 0 Å². The van der Waals surface area contributed by atoms with E-state index in [0.717, 1.165) is 25.7 Å². The zero-order chi connectivity index (χ0) is 8.34. The van der Waals surface area contributed by atoms with Gasteiger partial charge in [-0.25, -0.2) is 0 Å². The highest BCUT2D eigenvalue weighted by Crippen LogP contribution is 2.58. The van der Waals surface area contributed by atoms with Gasteiger partial charge in [0.15, 0.2) is 0 Å². The lowest BCUT2D eigenvalue weighted by molar-refractivity contribution is -0.0272. The van der Waals surface area contributed by atoms with E-state index in [9.17, 15) is 10.2 Å². The van der Waals surface area contributed by atoms with Crippen molar-refractivity contribution in [2.45, 2.75) is 43.8 Å². The third-order valence-corrected chi connectivity index (χ3v) is 4.45. The number of rotatable bonds is 0. The minimum Gasteiger partial charge on any atom is -0.392 e. The normalized spacial score (nSPS) is 62.5. The Labute approximate surface area is 72.6 Å². The van der Waals surface area contributed by atoms with E-state index in [2.05, 4.69) is 0 Å². The topological polar surface area (TPSA) is 40.5 Å². The molecule has 3 fully saturated rings. The first-order valence-electron chi connectivity index (χ1n) is 5.11. The van der Waals surface area contributed by atoms with Crippen LogP contribution in [0.1, 0.15) is 32.1 Å². The van der Waals surface area contributed by atoms with Crippen LogP contribution in [0.5, 0.6) is 0 Å². The van der Waals surface area contributed by atoms with Gasteiger partial charge in [0.25, 0.3) is 0 Å². The summed E-state index contributed by atoms with van der Waals surface area (Å²) in [5, 5.41) is 20.1. The largest absolute Gasteiger partial charge is 0.392 e. The van der Waals surface area contributed by atoms with Crippen LogP contribution in [-0.4, -0.2) is 21.9 Å². The zero-order valence-electron chi connectivity index (χ0n) is 7.24. The van der Waals surface area contributed by atoms with Crippen LogP contribution in [-0.2, 0) is 0 Å². The molecule has 2 bridgehead atoms. The molecule has 0 radical (unpaired) electrons. The van der Waals surface area contributed by atoms with Crippen molar-refractivity contribution >= 4 is 0 Å². The number of hydrogen-bond acceptors (Lipinski definition) is 2. The number of hydrogen-bond donors (Lipinski definition) is 2. The van der Waals surface area contributed by atoms with Crippen molar-refractivity contribution in [3.8, 4) is 0 Å². The summed E-state index contributed by atoms with van der Waals surface area (Å²) in [6.07, 6.45) is 5.16. The van der Waals surface area contributed by atoms with Gasteiger partial charge in [0.05, 0.1) is 11.7 Å². The van der Waals surface area contributed by atoms with Gasteiger partial charge in [-0.3, -0.25) is 0 Å². The first-order chi connectivity index (χ1) is 5.71. The Hall–Kier alpha value is -0.0800. The minimum atomic E-state index is -0.467. The van der Waals surface area contributed by atoms with Gasteiger partial charge < -0.3 is 10.2 Å². The molecule has 2 heteroatoms. The van der Waals surface area contributed by atoms with Crippen LogP contribution in [0.3, 0.4) is 0 Å². The predicted octanol–water partition coefficient (Wildman–Crippen LogP) is 0.918. The smallest absolute Gasteiger partial charge is 0.0706 e. The molecular formula is C10H16O2. The molecule has 0 aromatic carbocycles. The lowest BCUT2D eigenvalue weighted by Gasteiger charge is -2.31. The molecule has 3 aliphatic rings. The van der Waals surface area contributed by atoms with Crippen LogP contribution in [0.25, 0.3) is 0 Å². The Morgan fingerprint density at radius 1 is 1.08 bits per heavy atom. The molecule has 0 saturated heterocycles. The molecule has 0 aromatic rings. The fraction of sp³-hybridized carbons (Fsp3) is 1.00. The lowest BCUT2D eigenvalue weighted by atomic mass is 9.78. The second kappa shape index (κ2) is 2.05. The summed E-state index contributed by atoms with van der Waals surface area (Å²) in [5.74, 6) is 1.27. The quantitative estimate of drug-likeness (QED) is 0.564. The SMILES string of the molecule is OC1[C@H]2CC[C@@H]3CC[C@](O)(C2)[C@H]13. The Kier molecular flexibility index (Phi) is 1.25. The van der Waals surface area contributed by atoms with Crippen molar-refractivity contribution in [2.75, 3.05) is 0 Å². The van der Waals surface area contributed by atoms with Crippen LogP contribution in [0.15, 0.2) is 0 Å². The molecule has 5 atom stereocenters. The highest BCUT2D eigenvalue weighted by Gasteiger charge is 2.60. The Balaban J connectivity index is 2.02. The average Bonchev–Trinajstić information content (AvgIpc) is 2.37. The van der Waals surface area contributed by atoms with Gasteiger partial charge in [-0.1, -0.05) is 0 Å². The van der Waals surface area contributed by atoms with Gasteiger partial charge >= 0.3 is 0 Å². The number of aliphatic hydroxyl groups excluding tert-OH is 1. The fourth-order valence-electron chi connectivity index (χ4n) is 3.95. The van der Waals surface area contributed by atoms with Crippen molar-refractivity contribution in [1.29, 1.82) is 0 Å². The molecule has 0 amide bonds. The highest BCUT2D eigenvalue weighted by molar-refractivity contribution is 5.11. The molecule has 0 aliphatic heterocycles. The van der Waals surface area contributed by atoms with Crippen LogP contribution in [0.4, 0.5) is 0 Å². The Bertz CT molecular complexity index is 212. The van der Waals surface area contributed by atoms with Gasteiger partial charge in [0.1, 0.15) is 0 Å². The van der Waals surface area contributed by atoms with Crippen LogP contribution >= 0.6 is 0 Å². The molecule has 0 spiro atoms. The summed E-state index contributed by atoms with van der Waals surface area (Å²) in [6.45, 7) is 0. The highest BCUT2D eigenvalue weighted by atomic mass is 16.3. The van der Waals surface area contributed by atoms with E-state index in [4.69, 9.17) is 0 Å². The maximum Gasteiger partial charge on any atom is 0.0706 e. The van der Waals surface area contributed by atoms with Crippen molar-refractivity contribution in [1.82, 2.24) is 0 Å². The van der Waals surface area contributed by atoms with Gasteiger partial charge in [-0.05, 0) is 43.9 Å². The molecule has 2 nitrogen and oxygen atoms in total. The monoisotopic (exact) mass is 168 g/mol. The number of aliphatic hydroxyl groups is 2. The first kappa shape index (κ1) is 7.34. The second-order valence-electron chi connectivity index (χ2n) is 4.96. The van der Waals surface area contributed by atoms with Crippen LogP contribution in [0, 0.1) is 17.8 Å². The Morgan fingerprint density at radius 2 is 1.83 bits per heavy atom. The molecule has 0 aromatic heterocycles. The van der Waals surface area contributed by atoms with Crippen molar-refractivity contribution in [3.05, 3.63) is 0 Å². The van der Waals surface area contributed by atoms with Crippen molar-refractivity contribution in [3.63, 3.8) is 0 Å². The molecule has 12 heavy (non-hydrogen) atoms. The van der Waals surface area contributed by atoms with E-state index in [1.807, 2.05) is 0 Å². The third kappa shape index (κ3) is 0.686. The minimum absolute atomic E-state index is 0.184. The molecule has 3 aliphatic carbocycles. The van der Waals surface area contributed by atoms with Crippen LogP contribution in [0.2, 0.25) is 0 Å². The Morgan fingerprint density at radius 3 is 2.67 bits per heavy atom. The van der Waals surface area contributed by atoms with Gasteiger partial charge in [0.2, 0.25) is 0 Å². The second-order valence-corrected chi connectivity index (χ2v) is 4.96. The van der Waals surface area contributed by atoms with Crippen LogP contribution < -0.4 is 0 Å². The summed E-state index contributed by atoms with van der Waals surface area (Å²) in [7, 11) is 0. The third-order valence-electron chi connectivity index (χ3n) is 4.45. The molecular weight excluding hydrogens is 152 g/mol. The standard InChI is InChI=1S/C10H16O2/c11-9-7-2-1-6-3-4-10(12,5-7)8(6)9/h6-9,11-12H,1-5H2/t6-,7+,8+,9?,10+/m1/s1. The molecule has 3 rings (SSSR count). The van der Waals surface area contributed by atoms with E-state index in [1.54, 1.807) is 0 Å². The summed E-state index contributed by atoms with van der Waals surface area (Å²) in [4.78, 5) is 0. The van der Waals surface area contributed by atoms with E-state index < -0.39 is 5.60 Å². The molecule has 0 heterocycles. The maximum atomic E-state index is 10.2.